The maximum atomic E-state index is 13.3. The molecule has 2 aliphatic rings. The highest BCUT2D eigenvalue weighted by molar-refractivity contribution is 6.45. The number of hydrogen-bond acceptors (Lipinski definition) is 5. The molecule has 2 atom stereocenters. The summed E-state index contributed by atoms with van der Waals surface area (Å²) in [6.07, 6.45) is 12.9. The predicted octanol–water partition coefficient (Wildman–Crippen LogP) is 3.71. The minimum Gasteiger partial charge on any atom is -0.355 e. The average Bonchev–Trinajstić information content (AvgIpc) is 3.42. The van der Waals surface area contributed by atoms with E-state index in [0.29, 0.717) is 17.8 Å². The van der Waals surface area contributed by atoms with Crippen molar-refractivity contribution in [2.45, 2.75) is 45.6 Å². The van der Waals surface area contributed by atoms with E-state index in [9.17, 15) is 4.79 Å². The Morgan fingerprint density at radius 3 is 2.84 bits per heavy atom. The van der Waals surface area contributed by atoms with E-state index in [4.69, 9.17) is 16.5 Å². The Morgan fingerprint density at radius 1 is 1.34 bits per heavy atom. The number of anilines is 1. The maximum absolute atomic E-state index is 13.3. The van der Waals surface area contributed by atoms with Gasteiger partial charge in [-0.15, -0.1) is 12.3 Å². The van der Waals surface area contributed by atoms with Gasteiger partial charge < -0.3 is 9.80 Å². The van der Waals surface area contributed by atoms with Gasteiger partial charge in [0.15, 0.2) is 5.65 Å². The van der Waals surface area contributed by atoms with Crippen LogP contribution in [0.2, 0.25) is 0 Å². The first kappa shape index (κ1) is 21.8. The lowest BCUT2D eigenvalue weighted by Gasteiger charge is -2.35. The molecule has 7 heteroatoms. The van der Waals surface area contributed by atoms with Crippen LogP contribution in [0.4, 0.5) is 5.82 Å². The van der Waals surface area contributed by atoms with Gasteiger partial charge in [-0.3, -0.25) is 9.79 Å². The van der Waals surface area contributed by atoms with Gasteiger partial charge in [-0.1, -0.05) is 13.2 Å². The fraction of sp³-hybridized carbons (Fsp3) is 0.440. The number of aliphatic imine (C=N–C) groups is 1. The van der Waals surface area contributed by atoms with Gasteiger partial charge in [0.25, 0.3) is 5.91 Å². The molecule has 2 aliphatic heterocycles. The van der Waals surface area contributed by atoms with Crippen molar-refractivity contribution in [1.29, 1.82) is 0 Å². The molecule has 1 amide bonds. The lowest BCUT2D eigenvalue weighted by Crippen LogP contribution is -2.42. The van der Waals surface area contributed by atoms with Crippen molar-refractivity contribution in [3.8, 4) is 12.3 Å². The monoisotopic (exact) mass is 430 g/mol. The van der Waals surface area contributed by atoms with Crippen LogP contribution in [0.25, 0.3) is 5.65 Å². The summed E-state index contributed by atoms with van der Waals surface area (Å²) < 4.78 is 1.82. The summed E-state index contributed by atoms with van der Waals surface area (Å²) in [7, 11) is 0. The topological polar surface area (TPSA) is 66.1 Å². The van der Waals surface area contributed by atoms with Crippen molar-refractivity contribution in [3.63, 3.8) is 0 Å². The summed E-state index contributed by atoms with van der Waals surface area (Å²) in [6.45, 7) is 13.8. The van der Waals surface area contributed by atoms with Crippen LogP contribution in [0.15, 0.2) is 42.2 Å². The molecule has 1 unspecified atom stereocenters. The van der Waals surface area contributed by atoms with Crippen LogP contribution in [0.5, 0.6) is 0 Å². The average molecular weight is 431 g/mol. The number of carbonyl (C=O) groups is 1. The second kappa shape index (κ2) is 8.99. The number of nitrogens with zero attached hydrogens (tertiary/aromatic N) is 6. The van der Waals surface area contributed by atoms with Crippen molar-refractivity contribution in [1.82, 2.24) is 19.5 Å². The number of piperidine rings is 1. The van der Waals surface area contributed by atoms with Crippen molar-refractivity contribution < 1.29 is 4.79 Å². The highest BCUT2D eigenvalue weighted by atomic mass is 16.2. The first-order valence-electron chi connectivity index (χ1n) is 11.2. The Hall–Kier alpha value is -3.40. The number of terminal acetylenes is 1. The predicted molar refractivity (Wildman–Crippen MR) is 128 cm³/mol. The Labute approximate surface area is 189 Å². The fourth-order valence-electron chi connectivity index (χ4n) is 4.65. The molecule has 0 N–H and O–H groups in total. The zero-order valence-corrected chi connectivity index (χ0v) is 18.9. The lowest BCUT2D eigenvalue weighted by atomic mass is 9.98. The molecule has 2 aromatic rings. The fourth-order valence-corrected chi connectivity index (χ4v) is 4.65. The number of aromatic nitrogens is 3. The van der Waals surface area contributed by atoms with E-state index < -0.39 is 0 Å². The minimum absolute atomic E-state index is 0.117. The molecule has 0 aromatic carbocycles. The van der Waals surface area contributed by atoms with Crippen LogP contribution in [0.1, 0.15) is 49.9 Å². The van der Waals surface area contributed by atoms with E-state index >= 15 is 0 Å². The van der Waals surface area contributed by atoms with Crippen LogP contribution < -0.4 is 4.90 Å². The highest BCUT2D eigenvalue weighted by Crippen LogP contribution is 2.32. The van der Waals surface area contributed by atoms with Crippen LogP contribution in [-0.2, 0) is 4.79 Å². The Kier molecular flexibility index (Phi) is 6.13. The number of rotatable bonds is 5. The summed E-state index contributed by atoms with van der Waals surface area (Å²) in [6, 6.07) is 1.88. The highest BCUT2D eigenvalue weighted by Gasteiger charge is 2.32. The summed E-state index contributed by atoms with van der Waals surface area (Å²) in [5.41, 5.74) is 3.67. The molecule has 2 fully saturated rings. The molecule has 4 heterocycles. The molecule has 0 bridgehead atoms. The zero-order chi connectivity index (χ0) is 22.8. The summed E-state index contributed by atoms with van der Waals surface area (Å²) >= 11 is 0. The van der Waals surface area contributed by atoms with Gasteiger partial charge in [-0.05, 0) is 45.1 Å². The third-order valence-electron chi connectivity index (χ3n) is 6.28. The quantitative estimate of drug-likeness (QED) is 0.536. The largest absolute Gasteiger partial charge is 0.355 e. The molecule has 7 nitrogen and oxygen atoms in total. The van der Waals surface area contributed by atoms with Gasteiger partial charge in [0, 0.05) is 49.6 Å². The number of carbonyl (C=O) groups excluding carboxylic acids is 1. The Morgan fingerprint density at radius 2 is 2.16 bits per heavy atom. The lowest BCUT2D eigenvalue weighted by molar-refractivity contribution is -0.127. The van der Waals surface area contributed by atoms with E-state index in [1.807, 2.05) is 28.6 Å². The van der Waals surface area contributed by atoms with Gasteiger partial charge in [0.1, 0.15) is 11.5 Å². The normalized spacial score (nSPS) is 21.6. The van der Waals surface area contributed by atoms with E-state index in [-0.39, 0.29) is 17.9 Å². The standard InChI is InChI=1S/C25H30N6O/c1-6-19-11-13-29(16-19)24-18(5)15-31-22(27-24)14-20(28-31)21-10-8-9-12-30(21)25(32)23(17(3)4)26-7-2/h1,7,14-15,19,21H,2-3,8-13,16H2,4-5H3/t19?,21-/m0/s1. The van der Waals surface area contributed by atoms with Crippen molar-refractivity contribution >= 4 is 23.1 Å². The second-order valence-corrected chi connectivity index (χ2v) is 8.67. The van der Waals surface area contributed by atoms with Crippen molar-refractivity contribution in [2.75, 3.05) is 24.5 Å². The van der Waals surface area contributed by atoms with E-state index in [1.54, 1.807) is 6.92 Å². The first-order valence-corrected chi connectivity index (χ1v) is 11.2. The van der Waals surface area contributed by atoms with Crippen molar-refractivity contribution in [2.24, 2.45) is 10.9 Å². The van der Waals surface area contributed by atoms with E-state index in [1.165, 1.54) is 6.20 Å². The molecule has 0 spiro atoms. The molecular formula is C25H30N6O. The molecule has 4 rings (SSSR count). The Balaban J connectivity index is 1.66. The van der Waals surface area contributed by atoms with E-state index in [2.05, 4.69) is 29.0 Å². The Bertz CT molecular complexity index is 1140. The van der Waals surface area contributed by atoms with Crippen molar-refractivity contribution in [3.05, 3.63) is 48.5 Å². The summed E-state index contributed by atoms with van der Waals surface area (Å²) in [5.74, 6) is 3.97. The first-order chi connectivity index (χ1) is 15.4. The molecule has 0 aliphatic carbocycles. The van der Waals surface area contributed by atoms with Gasteiger partial charge in [-0.2, -0.15) is 5.10 Å². The molecule has 0 saturated carbocycles. The molecule has 2 aromatic heterocycles. The minimum atomic E-state index is -0.124. The third kappa shape index (κ3) is 4.05. The van der Waals surface area contributed by atoms with Crippen LogP contribution in [-0.4, -0.2) is 50.8 Å². The zero-order valence-electron chi connectivity index (χ0n) is 18.9. The van der Waals surface area contributed by atoms with Gasteiger partial charge in [0.2, 0.25) is 0 Å². The van der Waals surface area contributed by atoms with Gasteiger partial charge in [0.05, 0.1) is 11.7 Å². The molecular weight excluding hydrogens is 400 g/mol. The molecule has 2 saturated heterocycles. The molecule has 0 radical (unpaired) electrons. The SMILES string of the molecule is C#CC1CCN(c2nc3cc([C@@H]4CCCCN4C(=O)C(=NC=C)C(=C)C)nn3cc2C)C1. The number of likely N-dealkylation sites (tertiary alicyclic amines) is 1. The molecule has 166 valence electrons. The van der Waals surface area contributed by atoms with Crippen LogP contribution >= 0.6 is 0 Å². The number of aryl methyl sites for hydroxylation is 1. The number of fused-ring (bicyclic) bond motifs is 1. The second-order valence-electron chi connectivity index (χ2n) is 8.67. The summed E-state index contributed by atoms with van der Waals surface area (Å²) in [5, 5.41) is 4.81. The van der Waals surface area contributed by atoms with Gasteiger partial charge >= 0.3 is 0 Å². The number of hydrogen-bond donors (Lipinski definition) is 0. The third-order valence-corrected chi connectivity index (χ3v) is 6.28. The van der Waals surface area contributed by atoms with Crippen LogP contribution in [0.3, 0.4) is 0 Å². The maximum Gasteiger partial charge on any atom is 0.273 e. The smallest absolute Gasteiger partial charge is 0.273 e. The van der Waals surface area contributed by atoms with E-state index in [0.717, 1.165) is 61.5 Å². The van der Waals surface area contributed by atoms with Gasteiger partial charge in [-0.25, -0.2) is 9.50 Å². The summed E-state index contributed by atoms with van der Waals surface area (Å²) in [4.78, 5) is 26.5. The molecule has 32 heavy (non-hydrogen) atoms. The van der Waals surface area contributed by atoms with Crippen LogP contribution in [0, 0.1) is 25.2 Å². The number of amides is 1.